The highest BCUT2D eigenvalue weighted by Gasteiger charge is 2.26. The van der Waals surface area contributed by atoms with Crippen LogP contribution in [-0.4, -0.2) is 23.4 Å². The van der Waals surface area contributed by atoms with Crippen molar-refractivity contribution in [3.05, 3.63) is 34.1 Å². The molecule has 1 heterocycles. The van der Waals surface area contributed by atoms with Crippen molar-refractivity contribution in [2.45, 2.75) is 32.2 Å². The van der Waals surface area contributed by atoms with Crippen molar-refractivity contribution in [2.75, 3.05) is 6.54 Å². The van der Waals surface area contributed by atoms with Gasteiger partial charge in [0.1, 0.15) is 5.82 Å². The molecule has 1 atom stereocenters. The average Bonchev–Trinajstić information content (AvgIpc) is 2.32. The van der Waals surface area contributed by atoms with E-state index in [1.54, 1.807) is 23.1 Å². The van der Waals surface area contributed by atoms with Crippen molar-refractivity contribution in [2.24, 2.45) is 0 Å². The number of carbonyl (C=O) groups excluding carboxylic acids is 1. The second kappa shape index (κ2) is 5.17. The molecular weight excluding hydrogens is 285 g/mol. The molecule has 0 radical (unpaired) electrons. The standard InChI is InChI=1S/C13H15BrFNO/c1-9-5-2-3-8-16(9)13(17)10-6-4-7-11(14)12(10)15/h4,6-7,9H,2-3,5,8H2,1H3. The number of hydrogen-bond acceptors (Lipinski definition) is 1. The van der Waals surface area contributed by atoms with Gasteiger partial charge in [-0.15, -0.1) is 0 Å². The molecule has 0 spiro atoms. The van der Waals surface area contributed by atoms with Crippen molar-refractivity contribution in [1.29, 1.82) is 0 Å². The van der Waals surface area contributed by atoms with Gasteiger partial charge in [-0.25, -0.2) is 4.39 Å². The lowest BCUT2D eigenvalue weighted by Gasteiger charge is -2.33. The Kier molecular flexibility index (Phi) is 3.82. The van der Waals surface area contributed by atoms with Crippen LogP contribution in [0.5, 0.6) is 0 Å². The minimum atomic E-state index is -0.463. The van der Waals surface area contributed by atoms with E-state index in [0.717, 1.165) is 25.8 Å². The Morgan fingerprint density at radius 3 is 2.94 bits per heavy atom. The third kappa shape index (κ3) is 2.51. The van der Waals surface area contributed by atoms with E-state index in [4.69, 9.17) is 0 Å². The Balaban J connectivity index is 2.27. The minimum Gasteiger partial charge on any atom is -0.336 e. The molecule has 0 N–H and O–H groups in total. The van der Waals surface area contributed by atoms with E-state index in [1.807, 2.05) is 6.92 Å². The third-order valence-electron chi connectivity index (χ3n) is 3.25. The summed E-state index contributed by atoms with van der Waals surface area (Å²) < 4.78 is 14.2. The molecule has 0 aliphatic carbocycles. The number of carbonyl (C=O) groups is 1. The molecule has 1 unspecified atom stereocenters. The molecule has 1 aliphatic rings. The SMILES string of the molecule is CC1CCCCN1C(=O)c1cccc(Br)c1F. The van der Waals surface area contributed by atoms with E-state index in [2.05, 4.69) is 15.9 Å². The van der Waals surface area contributed by atoms with Crippen molar-refractivity contribution < 1.29 is 9.18 Å². The molecule has 0 bridgehead atoms. The van der Waals surface area contributed by atoms with E-state index >= 15 is 0 Å². The molecular formula is C13H15BrFNO. The number of amides is 1. The van der Waals surface area contributed by atoms with Crippen molar-refractivity contribution in [1.82, 2.24) is 4.90 Å². The Hall–Kier alpha value is -0.900. The molecule has 1 fully saturated rings. The zero-order valence-electron chi connectivity index (χ0n) is 9.75. The monoisotopic (exact) mass is 299 g/mol. The zero-order chi connectivity index (χ0) is 12.4. The predicted molar refractivity (Wildman–Crippen MR) is 68.4 cm³/mol. The van der Waals surface area contributed by atoms with Crippen LogP contribution in [0.25, 0.3) is 0 Å². The van der Waals surface area contributed by atoms with Gasteiger partial charge in [0.25, 0.3) is 5.91 Å². The summed E-state index contributed by atoms with van der Waals surface area (Å²) in [4.78, 5) is 14.0. The van der Waals surface area contributed by atoms with Crippen LogP contribution in [0.15, 0.2) is 22.7 Å². The van der Waals surface area contributed by atoms with Crippen molar-refractivity contribution in [3.63, 3.8) is 0 Å². The fraction of sp³-hybridized carbons (Fsp3) is 0.462. The first-order valence-electron chi connectivity index (χ1n) is 5.86. The van der Waals surface area contributed by atoms with Gasteiger partial charge in [-0.2, -0.15) is 0 Å². The molecule has 1 amide bonds. The molecule has 2 nitrogen and oxygen atoms in total. The largest absolute Gasteiger partial charge is 0.336 e. The highest BCUT2D eigenvalue weighted by Crippen LogP contribution is 2.23. The van der Waals surface area contributed by atoms with Gasteiger partial charge >= 0.3 is 0 Å². The summed E-state index contributed by atoms with van der Waals surface area (Å²) in [6, 6.07) is 5.04. The summed E-state index contributed by atoms with van der Waals surface area (Å²) >= 11 is 3.11. The Morgan fingerprint density at radius 2 is 2.24 bits per heavy atom. The van der Waals surface area contributed by atoms with Crippen LogP contribution in [0.4, 0.5) is 4.39 Å². The number of halogens is 2. The highest BCUT2D eigenvalue weighted by molar-refractivity contribution is 9.10. The van der Waals surface area contributed by atoms with Gasteiger partial charge in [-0.3, -0.25) is 4.79 Å². The fourth-order valence-electron chi connectivity index (χ4n) is 2.22. The van der Waals surface area contributed by atoms with E-state index in [1.165, 1.54) is 0 Å². The summed E-state index contributed by atoms with van der Waals surface area (Å²) in [6.45, 7) is 2.75. The normalized spacial score (nSPS) is 20.4. The summed E-state index contributed by atoms with van der Waals surface area (Å²) in [5.41, 5.74) is 0.160. The van der Waals surface area contributed by atoms with Crippen LogP contribution in [0.3, 0.4) is 0 Å². The fourth-order valence-corrected chi connectivity index (χ4v) is 2.59. The van der Waals surface area contributed by atoms with Gasteiger partial charge in [-0.05, 0) is 54.2 Å². The Bertz CT molecular complexity index is 435. The minimum absolute atomic E-state index is 0.160. The van der Waals surface area contributed by atoms with E-state index in [-0.39, 0.29) is 17.5 Å². The number of hydrogen-bond donors (Lipinski definition) is 0. The number of rotatable bonds is 1. The highest BCUT2D eigenvalue weighted by atomic mass is 79.9. The molecule has 0 aromatic heterocycles. The van der Waals surface area contributed by atoms with Gasteiger partial charge in [0.2, 0.25) is 0 Å². The first-order chi connectivity index (χ1) is 8.11. The number of piperidine rings is 1. The van der Waals surface area contributed by atoms with Gasteiger partial charge in [-0.1, -0.05) is 6.07 Å². The summed E-state index contributed by atoms with van der Waals surface area (Å²) in [7, 11) is 0. The molecule has 1 aromatic carbocycles. The Labute approximate surface area is 109 Å². The lowest BCUT2D eigenvalue weighted by atomic mass is 10.0. The first-order valence-corrected chi connectivity index (χ1v) is 6.65. The second-order valence-corrected chi connectivity index (χ2v) is 5.30. The van der Waals surface area contributed by atoms with Gasteiger partial charge in [0.05, 0.1) is 10.0 Å². The lowest BCUT2D eigenvalue weighted by molar-refractivity contribution is 0.0630. The second-order valence-electron chi connectivity index (χ2n) is 4.44. The van der Waals surface area contributed by atoms with Crippen LogP contribution < -0.4 is 0 Å². The van der Waals surface area contributed by atoms with Gasteiger partial charge < -0.3 is 4.90 Å². The maximum absolute atomic E-state index is 13.8. The van der Waals surface area contributed by atoms with Crippen LogP contribution in [0, 0.1) is 5.82 Å². The Morgan fingerprint density at radius 1 is 1.47 bits per heavy atom. The molecule has 1 saturated heterocycles. The zero-order valence-corrected chi connectivity index (χ0v) is 11.3. The maximum atomic E-state index is 13.8. The van der Waals surface area contributed by atoms with Crippen molar-refractivity contribution >= 4 is 21.8 Å². The quantitative estimate of drug-likeness (QED) is 0.776. The number of nitrogens with zero attached hydrogens (tertiary/aromatic N) is 1. The maximum Gasteiger partial charge on any atom is 0.257 e. The molecule has 1 aliphatic heterocycles. The first kappa shape index (κ1) is 12.6. The predicted octanol–water partition coefficient (Wildman–Crippen LogP) is 3.60. The van der Waals surface area contributed by atoms with Crippen LogP contribution >= 0.6 is 15.9 Å². The molecule has 0 saturated carbocycles. The van der Waals surface area contributed by atoms with E-state index in [9.17, 15) is 9.18 Å². The summed E-state index contributed by atoms with van der Waals surface area (Å²) in [5.74, 6) is -0.661. The van der Waals surface area contributed by atoms with Crippen LogP contribution in [0.2, 0.25) is 0 Å². The molecule has 1 aromatic rings. The summed E-state index contributed by atoms with van der Waals surface area (Å²) in [6.07, 6.45) is 3.15. The van der Waals surface area contributed by atoms with E-state index < -0.39 is 5.82 Å². The van der Waals surface area contributed by atoms with Crippen molar-refractivity contribution in [3.8, 4) is 0 Å². The third-order valence-corrected chi connectivity index (χ3v) is 3.86. The smallest absolute Gasteiger partial charge is 0.257 e. The summed E-state index contributed by atoms with van der Waals surface area (Å²) in [5, 5.41) is 0. The molecule has 2 rings (SSSR count). The number of benzene rings is 1. The number of likely N-dealkylation sites (tertiary alicyclic amines) is 1. The average molecular weight is 300 g/mol. The van der Waals surface area contributed by atoms with Crippen LogP contribution in [-0.2, 0) is 0 Å². The molecule has 17 heavy (non-hydrogen) atoms. The van der Waals surface area contributed by atoms with Gasteiger partial charge in [0, 0.05) is 12.6 Å². The molecule has 92 valence electrons. The van der Waals surface area contributed by atoms with E-state index in [0.29, 0.717) is 4.47 Å². The topological polar surface area (TPSA) is 20.3 Å². The molecule has 4 heteroatoms. The lowest BCUT2D eigenvalue weighted by Crippen LogP contribution is -2.42. The van der Waals surface area contributed by atoms with Gasteiger partial charge in [0.15, 0.2) is 0 Å². The van der Waals surface area contributed by atoms with Crippen LogP contribution in [0.1, 0.15) is 36.5 Å².